The van der Waals surface area contributed by atoms with Crippen LogP contribution in [0, 0.1) is 17.8 Å². The summed E-state index contributed by atoms with van der Waals surface area (Å²) in [5, 5.41) is 6.71. The Morgan fingerprint density at radius 3 is 2.69 bits per heavy atom. The van der Waals surface area contributed by atoms with E-state index in [-0.39, 0.29) is 11.9 Å². The van der Waals surface area contributed by atoms with Crippen LogP contribution in [-0.4, -0.2) is 38.8 Å². The molecule has 0 aliphatic carbocycles. The Hall–Kier alpha value is -0.610. The SMILES string of the molecule is CCOC(=O)[C@@H]1CNC[C@H]1C1CCNCC1. The molecular formula is C12H22N2O2. The molecule has 0 spiro atoms. The van der Waals surface area contributed by atoms with Crippen molar-refractivity contribution in [3.63, 3.8) is 0 Å². The summed E-state index contributed by atoms with van der Waals surface area (Å²) < 4.78 is 5.15. The van der Waals surface area contributed by atoms with Crippen molar-refractivity contribution in [2.24, 2.45) is 17.8 Å². The quantitative estimate of drug-likeness (QED) is 0.683. The van der Waals surface area contributed by atoms with Crippen LogP contribution in [0.5, 0.6) is 0 Å². The molecule has 0 bridgehead atoms. The first kappa shape index (κ1) is 11.9. The normalized spacial score (nSPS) is 31.6. The van der Waals surface area contributed by atoms with Crippen LogP contribution in [0.15, 0.2) is 0 Å². The van der Waals surface area contributed by atoms with Gasteiger partial charge in [-0.3, -0.25) is 4.79 Å². The van der Waals surface area contributed by atoms with Crippen LogP contribution in [0.2, 0.25) is 0 Å². The smallest absolute Gasteiger partial charge is 0.310 e. The van der Waals surface area contributed by atoms with Crippen LogP contribution in [0.1, 0.15) is 19.8 Å². The highest BCUT2D eigenvalue weighted by Gasteiger charge is 2.38. The number of piperidine rings is 1. The monoisotopic (exact) mass is 226 g/mol. The third-order valence-electron chi connectivity index (χ3n) is 3.84. The van der Waals surface area contributed by atoms with Crippen molar-refractivity contribution in [1.29, 1.82) is 0 Å². The summed E-state index contributed by atoms with van der Waals surface area (Å²) >= 11 is 0. The van der Waals surface area contributed by atoms with Gasteiger partial charge in [0.05, 0.1) is 12.5 Å². The van der Waals surface area contributed by atoms with E-state index in [1.54, 1.807) is 0 Å². The van der Waals surface area contributed by atoms with Gasteiger partial charge < -0.3 is 15.4 Å². The van der Waals surface area contributed by atoms with Gasteiger partial charge in [-0.05, 0) is 51.2 Å². The molecule has 0 saturated carbocycles. The topological polar surface area (TPSA) is 50.4 Å². The largest absolute Gasteiger partial charge is 0.466 e. The third-order valence-corrected chi connectivity index (χ3v) is 3.84. The highest BCUT2D eigenvalue weighted by Crippen LogP contribution is 2.31. The average Bonchev–Trinajstić information content (AvgIpc) is 2.79. The zero-order valence-electron chi connectivity index (χ0n) is 10.00. The molecule has 0 aromatic heterocycles. The summed E-state index contributed by atoms with van der Waals surface area (Å²) in [5.74, 6) is 1.26. The molecule has 2 atom stereocenters. The molecule has 0 radical (unpaired) electrons. The molecule has 0 amide bonds. The lowest BCUT2D eigenvalue weighted by Gasteiger charge is -2.30. The van der Waals surface area contributed by atoms with Gasteiger partial charge in [0.15, 0.2) is 0 Å². The maximum absolute atomic E-state index is 11.8. The van der Waals surface area contributed by atoms with Gasteiger partial charge >= 0.3 is 5.97 Å². The number of rotatable bonds is 3. The van der Waals surface area contributed by atoms with E-state index in [2.05, 4.69) is 10.6 Å². The van der Waals surface area contributed by atoms with Crippen LogP contribution in [0.4, 0.5) is 0 Å². The second-order valence-corrected chi connectivity index (χ2v) is 4.77. The molecule has 4 nitrogen and oxygen atoms in total. The van der Waals surface area contributed by atoms with E-state index >= 15 is 0 Å². The second kappa shape index (κ2) is 5.64. The fourth-order valence-corrected chi connectivity index (χ4v) is 2.97. The van der Waals surface area contributed by atoms with Gasteiger partial charge in [-0.2, -0.15) is 0 Å². The molecule has 0 aromatic rings. The number of ether oxygens (including phenoxy) is 1. The van der Waals surface area contributed by atoms with Crippen LogP contribution >= 0.6 is 0 Å². The lowest BCUT2D eigenvalue weighted by Crippen LogP contribution is -2.36. The Balaban J connectivity index is 1.93. The zero-order valence-corrected chi connectivity index (χ0v) is 10.00. The highest BCUT2D eigenvalue weighted by molar-refractivity contribution is 5.73. The predicted octanol–water partition coefficient (Wildman–Crippen LogP) is 0.385. The average molecular weight is 226 g/mol. The van der Waals surface area contributed by atoms with Crippen LogP contribution in [0.3, 0.4) is 0 Å². The Bertz CT molecular complexity index is 239. The number of nitrogens with one attached hydrogen (secondary N) is 2. The number of hydrogen-bond donors (Lipinski definition) is 2. The van der Waals surface area contributed by atoms with Crippen molar-refractivity contribution in [3.05, 3.63) is 0 Å². The molecule has 2 saturated heterocycles. The molecule has 2 heterocycles. The Labute approximate surface area is 97.1 Å². The molecule has 2 fully saturated rings. The van der Waals surface area contributed by atoms with E-state index in [0.717, 1.165) is 26.2 Å². The fraction of sp³-hybridized carbons (Fsp3) is 0.917. The molecule has 16 heavy (non-hydrogen) atoms. The molecule has 2 aliphatic heterocycles. The fourth-order valence-electron chi connectivity index (χ4n) is 2.97. The number of carbonyl (C=O) groups excluding carboxylic acids is 1. The minimum atomic E-state index is -0.00367. The van der Waals surface area contributed by atoms with Crippen molar-refractivity contribution in [2.45, 2.75) is 19.8 Å². The van der Waals surface area contributed by atoms with Gasteiger partial charge in [0.2, 0.25) is 0 Å². The van der Waals surface area contributed by atoms with Crippen LogP contribution < -0.4 is 10.6 Å². The Morgan fingerprint density at radius 1 is 1.25 bits per heavy atom. The van der Waals surface area contributed by atoms with Gasteiger partial charge in [-0.1, -0.05) is 0 Å². The van der Waals surface area contributed by atoms with Gasteiger partial charge in [0, 0.05) is 6.54 Å². The Morgan fingerprint density at radius 2 is 2.00 bits per heavy atom. The molecular weight excluding hydrogens is 204 g/mol. The standard InChI is InChI=1S/C12H22N2O2/c1-2-16-12(15)11-8-14-7-10(11)9-3-5-13-6-4-9/h9-11,13-14H,2-8H2,1H3/t10-,11+/m0/s1. The highest BCUT2D eigenvalue weighted by atomic mass is 16.5. The number of carbonyl (C=O) groups is 1. The van der Waals surface area contributed by atoms with E-state index in [1.165, 1.54) is 12.8 Å². The van der Waals surface area contributed by atoms with Gasteiger partial charge in [0.1, 0.15) is 0 Å². The van der Waals surface area contributed by atoms with Crippen molar-refractivity contribution in [1.82, 2.24) is 10.6 Å². The number of hydrogen-bond acceptors (Lipinski definition) is 4. The minimum absolute atomic E-state index is 0.00367. The van der Waals surface area contributed by atoms with E-state index in [1.807, 2.05) is 6.92 Å². The van der Waals surface area contributed by atoms with E-state index in [4.69, 9.17) is 4.74 Å². The summed E-state index contributed by atoms with van der Waals surface area (Å²) in [5.41, 5.74) is 0. The molecule has 92 valence electrons. The number of esters is 1. The third kappa shape index (κ3) is 2.55. The van der Waals surface area contributed by atoms with E-state index in [9.17, 15) is 4.79 Å². The van der Waals surface area contributed by atoms with Crippen molar-refractivity contribution < 1.29 is 9.53 Å². The first-order chi connectivity index (χ1) is 7.83. The summed E-state index contributed by atoms with van der Waals surface area (Å²) in [7, 11) is 0. The predicted molar refractivity (Wildman–Crippen MR) is 62.1 cm³/mol. The summed E-state index contributed by atoms with van der Waals surface area (Å²) in [6.45, 7) is 6.34. The minimum Gasteiger partial charge on any atom is -0.466 e. The first-order valence-corrected chi connectivity index (χ1v) is 6.41. The van der Waals surface area contributed by atoms with Gasteiger partial charge in [-0.15, -0.1) is 0 Å². The summed E-state index contributed by atoms with van der Waals surface area (Å²) in [6.07, 6.45) is 2.39. The maximum atomic E-state index is 11.8. The van der Waals surface area contributed by atoms with E-state index in [0.29, 0.717) is 18.4 Å². The van der Waals surface area contributed by atoms with Gasteiger partial charge in [-0.25, -0.2) is 0 Å². The first-order valence-electron chi connectivity index (χ1n) is 6.41. The van der Waals surface area contributed by atoms with Gasteiger partial charge in [0.25, 0.3) is 0 Å². The zero-order chi connectivity index (χ0) is 11.4. The maximum Gasteiger partial charge on any atom is 0.310 e. The van der Waals surface area contributed by atoms with Crippen LogP contribution in [0.25, 0.3) is 0 Å². The van der Waals surface area contributed by atoms with Crippen molar-refractivity contribution >= 4 is 5.97 Å². The summed E-state index contributed by atoms with van der Waals surface area (Å²) in [6, 6.07) is 0. The molecule has 0 unspecified atom stereocenters. The summed E-state index contributed by atoms with van der Waals surface area (Å²) in [4.78, 5) is 11.8. The Kier molecular flexibility index (Phi) is 4.18. The van der Waals surface area contributed by atoms with Crippen molar-refractivity contribution in [2.75, 3.05) is 32.8 Å². The lowest BCUT2D eigenvalue weighted by atomic mass is 9.79. The molecule has 2 N–H and O–H groups in total. The van der Waals surface area contributed by atoms with Crippen molar-refractivity contribution in [3.8, 4) is 0 Å². The molecule has 2 rings (SSSR count). The second-order valence-electron chi connectivity index (χ2n) is 4.77. The lowest BCUT2D eigenvalue weighted by molar-refractivity contribution is -0.149. The van der Waals surface area contributed by atoms with E-state index < -0.39 is 0 Å². The molecule has 4 heteroatoms. The molecule has 2 aliphatic rings. The molecule has 0 aromatic carbocycles. The van der Waals surface area contributed by atoms with Crippen LogP contribution in [-0.2, 0) is 9.53 Å².